The molecule has 2 unspecified atom stereocenters. The second kappa shape index (κ2) is 12.6. The van der Waals surface area contributed by atoms with E-state index in [9.17, 15) is 20.0 Å². The Morgan fingerprint density at radius 1 is 1.12 bits per heavy atom. The third-order valence-electron chi connectivity index (χ3n) is 7.97. The highest BCUT2D eigenvalue weighted by Gasteiger charge is 2.60. The van der Waals surface area contributed by atoms with Crippen LogP contribution in [0.1, 0.15) is 66.6 Å². The number of ketones is 1. The van der Waals surface area contributed by atoms with Crippen molar-refractivity contribution in [3.05, 3.63) is 98.5 Å². The molecule has 1 aliphatic rings. The highest BCUT2D eigenvalue weighted by Crippen LogP contribution is 2.53. The maximum atomic E-state index is 15.8. The molecule has 0 spiro atoms. The van der Waals surface area contributed by atoms with E-state index < -0.39 is 41.0 Å². The summed E-state index contributed by atoms with van der Waals surface area (Å²) in [5.41, 5.74) is -1.41. The summed E-state index contributed by atoms with van der Waals surface area (Å²) in [4.78, 5) is 25.5. The Hall–Kier alpha value is -3.51. The first-order valence-corrected chi connectivity index (χ1v) is 14.5. The second-order valence-corrected chi connectivity index (χ2v) is 12.8. The number of methoxy groups -OCH3 is 1. The molecule has 1 aliphatic heterocycles. The van der Waals surface area contributed by atoms with Crippen molar-refractivity contribution in [2.75, 3.05) is 7.11 Å². The molecule has 2 N–H and O–H groups in total. The van der Waals surface area contributed by atoms with Gasteiger partial charge < -0.3 is 15.2 Å². The van der Waals surface area contributed by atoms with Gasteiger partial charge in [-0.3, -0.25) is 4.79 Å². The Morgan fingerprint density at radius 2 is 1.84 bits per heavy atom. The number of hydrogen-bond acceptors (Lipinski definition) is 5. The number of rotatable bonds is 9. The van der Waals surface area contributed by atoms with Crippen LogP contribution in [0.5, 0.6) is 5.75 Å². The van der Waals surface area contributed by atoms with E-state index in [0.29, 0.717) is 17.7 Å². The SMILES string of the molecule is COc1cc(C(=O)O)ccc1CCC(=O)C1N[C@@H](CC(C)(C)C)[C@](C#N)(c2ccc(Cl)cc2F)C1c1cccc(Cl)c1F. The molecule has 0 saturated carbocycles. The van der Waals surface area contributed by atoms with E-state index in [2.05, 4.69) is 11.4 Å². The number of ether oxygens (including phenoxy) is 1. The molecular formula is C33H32Cl2F2N2O4. The fraction of sp³-hybridized carbons (Fsp3) is 0.364. The summed E-state index contributed by atoms with van der Waals surface area (Å²) in [5, 5.41) is 23.5. The van der Waals surface area contributed by atoms with Gasteiger partial charge in [0.1, 0.15) is 22.8 Å². The topological polar surface area (TPSA) is 99.4 Å². The number of nitriles is 1. The zero-order valence-electron chi connectivity index (χ0n) is 24.2. The van der Waals surface area contributed by atoms with Crippen molar-refractivity contribution in [2.45, 2.75) is 63.5 Å². The summed E-state index contributed by atoms with van der Waals surface area (Å²) in [6, 6.07) is 13.3. The number of aryl methyl sites for hydroxylation is 1. The van der Waals surface area contributed by atoms with Gasteiger partial charge in [-0.2, -0.15) is 5.26 Å². The minimum atomic E-state index is -1.71. The molecule has 0 aromatic heterocycles. The van der Waals surface area contributed by atoms with Crippen molar-refractivity contribution >= 4 is 35.0 Å². The summed E-state index contributed by atoms with van der Waals surface area (Å²) in [6.45, 7) is 5.89. The summed E-state index contributed by atoms with van der Waals surface area (Å²) in [5.74, 6) is -3.81. The quantitative estimate of drug-likeness (QED) is 0.254. The van der Waals surface area contributed by atoms with Crippen molar-refractivity contribution in [1.29, 1.82) is 5.26 Å². The average Bonchev–Trinajstić information content (AvgIpc) is 3.25. The number of hydrogen-bond donors (Lipinski definition) is 2. The van der Waals surface area contributed by atoms with Gasteiger partial charge in [0.15, 0.2) is 5.78 Å². The maximum Gasteiger partial charge on any atom is 0.335 e. The van der Waals surface area contributed by atoms with Crippen molar-refractivity contribution in [2.24, 2.45) is 5.41 Å². The molecule has 0 aliphatic carbocycles. The first-order chi connectivity index (χ1) is 20.2. The van der Waals surface area contributed by atoms with Crippen molar-refractivity contribution < 1.29 is 28.2 Å². The number of carbonyl (C=O) groups is 2. The zero-order chi connectivity index (χ0) is 31.7. The van der Waals surface area contributed by atoms with Crippen LogP contribution in [0.4, 0.5) is 8.78 Å². The molecule has 226 valence electrons. The van der Waals surface area contributed by atoms with Gasteiger partial charge in [-0.15, -0.1) is 0 Å². The minimum Gasteiger partial charge on any atom is -0.496 e. The molecule has 1 fully saturated rings. The number of nitrogens with one attached hydrogen (secondary N) is 1. The third kappa shape index (κ3) is 6.40. The number of carboxylic acid groups (broad SMARTS) is 1. The van der Waals surface area contributed by atoms with E-state index in [1.165, 1.54) is 49.6 Å². The molecule has 43 heavy (non-hydrogen) atoms. The normalized spacial score (nSPS) is 21.8. The van der Waals surface area contributed by atoms with E-state index in [-0.39, 0.29) is 50.8 Å². The van der Waals surface area contributed by atoms with Gasteiger partial charge >= 0.3 is 5.97 Å². The fourth-order valence-electron chi connectivity index (χ4n) is 6.11. The molecule has 4 rings (SSSR count). The molecule has 0 amide bonds. The smallest absolute Gasteiger partial charge is 0.335 e. The van der Waals surface area contributed by atoms with Crippen LogP contribution in [0.15, 0.2) is 54.6 Å². The van der Waals surface area contributed by atoms with Crippen LogP contribution < -0.4 is 10.1 Å². The fourth-order valence-corrected chi connectivity index (χ4v) is 6.45. The molecule has 0 bridgehead atoms. The number of carbonyl (C=O) groups excluding carboxylic acids is 1. The Kier molecular flexibility index (Phi) is 9.51. The maximum absolute atomic E-state index is 15.8. The van der Waals surface area contributed by atoms with E-state index in [1.807, 2.05) is 20.8 Å². The largest absolute Gasteiger partial charge is 0.496 e. The number of Topliss-reactive ketones (excluding diaryl/α,β-unsaturated/α-hetero) is 1. The minimum absolute atomic E-state index is 0.00625. The monoisotopic (exact) mass is 628 g/mol. The first kappa shape index (κ1) is 32.4. The number of benzene rings is 3. The summed E-state index contributed by atoms with van der Waals surface area (Å²) >= 11 is 12.3. The zero-order valence-corrected chi connectivity index (χ0v) is 25.7. The molecule has 4 atom stereocenters. The Bertz CT molecular complexity index is 1600. The summed E-state index contributed by atoms with van der Waals surface area (Å²) in [6.07, 6.45) is 0.491. The Balaban J connectivity index is 1.86. The lowest BCUT2D eigenvalue weighted by Crippen LogP contribution is -2.44. The van der Waals surface area contributed by atoms with Crippen LogP contribution in [-0.4, -0.2) is 36.1 Å². The molecular weight excluding hydrogens is 597 g/mol. The van der Waals surface area contributed by atoms with E-state index in [0.717, 1.165) is 6.07 Å². The molecule has 3 aromatic carbocycles. The first-order valence-electron chi connectivity index (χ1n) is 13.7. The molecule has 0 radical (unpaired) electrons. The highest BCUT2D eigenvalue weighted by atomic mass is 35.5. The predicted octanol–water partition coefficient (Wildman–Crippen LogP) is 7.50. The van der Waals surface area contributed by atoms with Crippen molar-refractivity contribution in [3.8, 4) is 11.8 Å². The van der Waals surface area contributed by atoms with Crippen LogP contribution in [0, 0.1) is 28.4 Å². The Morgan fingerprint density at radius 3 is 2.44 bits per heavy atom. The molecule has 10 heteroatoms. The summed E-state index contributed by atoms with van der Waals surface area (Å²) < 4.78 is 36.9. The Labute approximate surface area is 259 Å². The lowest BCUT2D eigenvalue weighted by Gasteiger charge is -2.37. The van der Waals surface area contributed by atoms with Crippen LogP contribution >= 0.6 is 23.2 Å². The second-order valence-electron chi connectivity index (χ2n) is 12.0. The average molecular weight is 630 g/mol. The van der Waals surface area contributed by atoms with Gasteiger partial charge in [-0.1, -0.05) is 68.2 Å². The summed E-state index contributed by atoms with van der Waals surface area (Å²) in [7, 11) is 1.40. The highest BCUT2D eigenvalue weighted by molar-refractivity contribution is 6.31. The van der Waals surface area contributed by atoms with Crippen molar-refractivity contribution in [1.82, 2.24) is 5.32 Å². The molecule has 1 saturated heterocycles. The van der Waals surface area contributed by atoms with Crippen LogP contribution in [0.3, 0.4) is 0 Å². The van der Waals surface area contributed by atoms with Gasteiger partial charge in [0, 0.05) is 29.0 Å². The van der Waals surface area contributed by atoms with Gasteiger partial charge in [-0.05, 0) is 59.7 Å². The van der Waals surface area contributed by atoms with Gasteiger partial charge in [-0.25, -0.2) is 13.6 Å². The van der Waals surface area contributed by atoms with E-state index in [1.54, 1.807) is 6.07 Å². The molecule has 1 heterocycles. The number of halogens is 4. The third-order valence-corrected chi connectivity index (χ3v) is 8.50. The molecule has 6 nitrogen and oxygen atoms in total. The van der Waals surface area contributed by atoms with Crippen LogP contribution in [-0.2, 0) is 16.6 Å². The lowest BCUT2D eigenvalue weighted by atomic mass is 9.62. The lowest BCUT2D eigenvalue weighted by molar-refractivity contribution is -0.121. The van der Waals surface area contributed by atoms with E-state index in [4.69, 9.17) is 27.9 Å². The van der Waals surface area contributed by atoms with Crippen LogP contribution in [0.2, 0.25) is 10.0 Å². The number of nitrogens with zero attached hydrogens (tertiary/aromatic N) is 1. The van der Waals surface area contributed by atoms with Crippen molar-refractivity contribution in [3.63, 3.8) is 0 Å². The number of carboxylic acids is 1. The number of aromatic carboxylic acids is 1. The van der Waals surface area contributed by atoms with Crippen LogP contribution in [0.25, 0.3) is 0 Å². The molecule has 3 aromatic rings. The van der Waals surface area contributed by atoms with Gasteiger partial charge in [0.25, 0.3) is 0 Å². The van der Waals surface area contributed by atoms with Gasteiger partial charge in [0.05, 0.1) is 29.8 Å². The van der Waals surface area contributed by atoms with Gasteiger partial charge in [0.2, 0.25) is 0 Å². The standard InChI is InChI=1S/C33H32Cl2F2N2O4/c1-32(2,3)16-27-33(17-38,22-12-11-20(34)15-24(22)36)28(21-6-5-7-23(35)29(21)37)30(39-27)25(40)13-10-18-8-9-19(31(41)42)14-26(18)43-4/h5-9,11-12,14-15,27-28,30,39H,10,13,16H2,1-4H3,(H,41,42)/t27-,28?,30?,33-/m0/s1. The van der Waals surface area contributed by atoms with E-state index >= 15 is 8.78 Å². The predicted molar refractivity (Wildman–Crippen MR) is 161 cm³/mol.